The van der Waals surface area contributed by atoms with Gasteiger partial charge in [-0.15, -0.1) is 11.8 Å². The first-order valence-corrected chi connectivity index (χ1v) is 8.99. The van der Waals surface area contributed by atoms with Crippen LogP contribution in [0.5, 0.6) is 0 Å². The van der Waals surface area contributed by atoms with Crippen molar-refractivity contribution < 1.29 is 9.32 Å². The molecule has 23 heavy (non-hydrogen) atoms. The van der Waals surface area contributed by atoms with Crippen LogP contribution in [0.4, 0.5) is 5.69 Å². The van der Waals surface area contributed by atoms with Crippen molar-refractivity contribution in [1.29, 1.82) is 0 Å². The predicted octanol–water partition coefficient (Wildman–Crippen LogP) is 2.11. The summed E-state index contributed by atoms with van der Waals surface area (Å²) < 4.78 is 7.01. The van der Waals surface area contributed by atoms with Crippen molar-refractivity contribution >= 4 is 23.4 Å². The minimum atomic E-state index is -0.0553. The summed E-state index contributed by atoms with van der Waals surface area (Å²) in [4.78, 5) is 18.9. The van der Waals surface area contributed by atoms with Crippen molar-refractivity contribution in [2.45, 2.75) is 42.6 Å². The zero-order valence-electron chi connectivity index (χ0n) is 13.0. The molecule has 1 saturated heterocycles. The Morgan fingerprint density at radius 2 is 2.26 bits per heavy atom. The van der Waals surface area contributed by atoms with Crippen LogP contribution in [0, 0.1) is 0 Å². The standard InChI is InChI=1S/C15H19N5O2S/c1-19-8-11(7-16-19)20-6-2-3-12(15(20)21)23-9-13-17-14(18-22-13)10-4-5-10/h7-8,10,12H,2-6,9H2,1H3/t12-/m1/s1. The lowest BCUT2D eigenvalue weighted by atomic mass is 10.1. The maximum Gasteiger partial charge on any atom is 0.240 e. The molecule has 1 atom stereocenters. The molecule has 0 unspecified atom stereocenters. The summed E-state index contributed by atoms with van der Waals surface area (Å²) in [6.07, 6.45) is 7.83. The molecule has 3 heterocycles. The third-order valence-corrected chi connectivity index (χ3v) is 5.48. The molecule has 2 aromatic heterocycles. The van der Waals surface area contributed by atoms with Crippen molar-refractivity contribution in [3.63, 3.8) is 0 Å². The van der Waals surface area contributed by atoms with Crippen LogP contribution in [0.3, 0.4) is 0 Å². The van der Waals surface area contributed by atoms with E-state index in [1.54, 1.807) is 22.6 Å². The van der Waals surface area contributed by atoms with E-state index in [0.29, 0.717) is 17.6 Å². The van der Waals surface area contributed by atoms with Gasteiger partial charge in [0.25, 0.3) is 0 Å². The molecule has 1 aliphatic heterocycles. The Labute approximate surface area is 138 Å². The number of anilines is 1. The van der Waals surface area contributed by atoms with E-state index in [4.69, 9.17) is 4.52 Å². The molecule has 1 amide bonds. The molecule has 0 bridgehead atoms. The molecule has 122 valence electrons. The molecule has 1 aliphatic carbocycles. The zero-order valence-corrected chi connectivity index (χ0v) is 13.8. The summed E-state index contributed by atoms with van der Waals surface area (Å²) in [7, 11) is 1.86. The Morgan fingerprint density at radius 3 is 3.00 bits per heavy atom. The summed E-state index contributed by atoms with van der Waals surface area (Å²) in [5, 5.41) is 8.12. The number of carbonyl (C=O) groups is 1. The number of rotatable bonds is 5. The highest BCUT2D eigenvalue weighted by atomic mass is 32.2. The summed E-state index contributed by atoms with van der Waals surface area (Å²) in [6.45, 7) is 0.758. The molecule has 2 fully saturated rings. The van der Waals surface area contributed by atoms with Gasteiger partial charge in [0, 0.05) is 25.7 Å². The van der Waals surface area contributed by atoms with Gasteiger partial charge < -0.3 is 9.42 Å². The summed E-state index contributed by atoms with van der Waals surface area (Å²) >= 11 is 1.59. The van der Waals surface area contributed by atoms with Gasteiger partial charge in [-0.25, -0.2) is 0 Å². The van der Waals surface area contributed by atoms with Gasteiger partial charge in [-0.2, -0.15) is 10.1 Å². The summed E-state index contributed by atoms with van der Waals surface area (Å²) in [5.41, 5.74) is 0.872. The lowest BCUT2D eigenvalue weighted by Crippen LogP contribution is -2.42. The second kappa shape index (κ2) is 5.99. The lowest BCUT2D eigenvalue weighted by molar-refractivity contribution is -0.119. The van der Waals surface area contributed by atoms with Gasteiger partial charge in [0.15, 0.2) is 5.82 Å². The van der Waals surface area contributed by atoms with Crippen LogP contribution in [0.1, 0.15) is 43.3 Å². The first kappa shape index (κ1) is 14.7. The Balaban J connectivity index is 1.38. The highest BCUT2D eigenvalue weighted by Crippen LogP contribution is 2.38. The second-order valence-corrected chi connectivity index (χ2v) is 7.32. The molecule has 7 nitrogen and oxygen atoms in total. The van der Waals surface area contributed by atoms with E-state index >= 15 is 0 Å². The average Bonchev–Trinajstić information content (AvgIpc) is 3.14. The van der Waals surface area contributed by atoms with Crippen LogP contribution in [-0.2, 0) is 17.6 Å². The number of aromatic nitrogens is 4. The molecule has 4 rings (SSSR count). The molecular weight excluding hydrogens is 314 g/mol. The fourth-order valence-electron chi connectivity index (χ4n) is 2.81. The van der Waals surface area contributed by atoms with Crippen molar-refractivity contribution in [1.82, 2.24) is 19.9 Å². The first-order chi connectivity index (χ1) is 11.2. The number of hydrogen-bond acceptors (Lipinski definition) is 6. The topological polar surface area (TPSA) is 77.0 Å². The fourth-order valence-corrected chi connectivity index (χ4v) is 3.87. The van der Waals surface area contributed by atoms with E-state index in [1.807, 2.05) is 18.1 Å². The SMILES string of the molecule is Cn1cc(N2CCC[C@@H](SCc3nc(C4CC4)no3)C2=O)cn1. The Hall–Kier alpha value is -1.83. The smallest absolute Gasteiger partial charge is 0.240 e. The summed E-state index contributed by atoms with van der Waals surface area (Å²) in [5.74, 6) is 2.69. The molecule has 2 aromatic rings. The van der Waals surface area contributed by atoms with Crippen LogP contribution in [0.15, 0.2) is 16.9 Å². The van der Waals surface area contributed by atoms with Crippen molar-refractivity contribution in [3.8, 4) is 0 Å². The minimum absolute atomic E-state index is 0.0553. The quantitative estimate of drug-likeness (QED) is 0.834. The maximum absolute atomic E-state index is 12.7. The van der Waals surface area contributed by atoms with E-state index in [9.17, 15) is 4.79 Å². The third kappa shape index (κ3) is 3.12. The van der Waals surface area contributed by atoms with Gasteiger partial charge >= 0.3 is 0 Å². The monoisotopic (exact) mass is 333 g/mol. The number of nitrogens with zero attached hydrogens (tertiary/aromatic N) is 5. The zero-order chi connectivity index (χ0) is 15.8. The number of thioether (sulfide) groups is 1. The average molecular weight is 333 g/mol. The number of hydrogen-bond donors (Lipinski definition) is 0. The van der Waals surface area contributed by atoms with Gasteiger partial charge in [0.2, 0.25) is 11.8 Å². The molecule has 0 aromatic carbocycles. The molecule has 0 N–H and O–H groups in total. The highest BCUT2D eigenvalue weighted by Gasteiger charge is 2.32. The van der Waals surface area contributed by atoms with Gasteiger partial charge in [0.1, 0.15) is 0 Å². The van der Waals surface area contributed by atoms with Gasteiger partial charge in [-0.05, 0) is 25.7 Å². The van der Waals surface area contributed by atoms with Crippen molar-refractivity contribution in [2.75, 3.05) is 11.4 Å². The number of aryl methyl sites for hydroxylation is 1. The van der Waals surface area contributed by atoms with Crippen molar-refractivity contribution in [2.24, 2.45) is 7.05 Å². The Kier molecular flexibility index (Phi) is 3.84. The van der Waals surface area contributed by atoms with E-state index in [2.05, 4.69) is 15.2 Å². The number of amides is 1. The molecule has 0 spiro atoms. The van der Waals surface area contributed by atoms with E-state index in [0.717, 1.165) is 43.7 Å². The van der Waals surface area contributed by atoms with E-state index in [1.165, 1.54) is 0 Å². The van der Waals surface area contributed by atoms with Crippen LogP contribution in [0.2, 0.25) is 0 Å². The normalized spacial score (nSPS) is 21.9. The minimum Gasteiger partial charge on any atom is -0.338 e. The second-order valence-electron chi connectivity index (χ2n) is 6.12. The Bertz CT molecular complexity index is 708. The van der Waals surface area contributed by atoms with Gasteiger partial charge in [0.05, 0.1) is 22.9 Å². The molecule has 1 saturated carbocycles. The third-order valence-electron chi connectivity index (χ3n) is 4.23. The van der Waals surface area contributed by atoms with Crippen molar-refractivity contribution in [3.05, 3.63) is 24.1 Å². The first-order valence-electron chi connectivity index (χ1n) is 7.95. The predicted molar refractivity (Wildman–Crippen MR) is 86.2 cm³/mol. The molecular formula is C15H19N5O2S. The van der Waals surface area contributed by atoms with Crippen LogP contribution in [0.25, 0.3) is 0 Å². The largest absolute Gasteiger partial charge is 0.338 e. The van der Waals surface area contributed by atoms with Crippen LogP contribution >= 0.6 is 11.8 Å². The maximum atomic E-state index is 12.7. The number of piperidine rings is 1. The van der Waals surface area contributed by atoms with E-state index < -0.39 is 0 Å². The highest BCUT2D eigenvalue weighted by molar-refractivity contribution is 7.99. The van der Waals surface area contributed by atoms with Gasteiger partial charge in [-0.1, -0.05) is 5.16 Å². The Morgan fingerprint density at radius 1 is 1.39 bits per heavy atom. The van der Waals surface area contributed by atoms with Crippen LogP contribution < -0.4 is 4.90 Å². The van der Waals surface area contributed by atoms with Crippen LogP contribution in [-0.4, -0.2) is 37.6 Å². The van der Waals surface area contributed by atoms with E-state index in [-0.39, 0.29) is 11.2 Å². The number of carbonyl (C=O) groups excluding carboxylic acids is 1. The molecule has 8 heteroatoms. The fraction of sp³-hybridized carbons (Fsp3) is 0.600. The molecule has 2 aliphatic rings. The lowest BCUT2D eigenvalue weighted by Gasteiger charge is -2.30. The summed E-state index contributed by atoms with van der Waals surface area (Å²) in [6, 6.07) is 0. The van der Waals surface area contributed by atoms with Gasteiger partial charge in [-0.3, -0.25) is 9.48 Å². The molecule has 0 radical (unpaired) electrons.